The Labute approximate surface area is 333 Å². The third kappa shape index (κ3) is 14.6. The van der Waals surface area contributed by atoms with E-state index in [4.69, 9.17) is 4.37 Å². The Morgan fingerprint density at radius 1 is 0.549 bits per heavy atom. The fourth-order valence-corrected chi connectivity index (χ4v) is 11.5. The van der Waals surface area contributed by atoms with E-state index in [0.29, 0.717) is 0 Å². The first-order chi connectivity index (χ1) is 25.1. The quantitative estimate of drug-likeness (QED) is 0.0510. The second kappa shape index (κ2) is 25.1. The lowest BCUT2D eigenvalue weighted by Crippen LogP contribution is -2.06. The predicted molar refractivity (Wildman–Crippen MR) is 235 cm³/mol. The summed E-state index contributed by atoms with van der Waals surface area (Å²) in [5.74, 6) is 1.55. The van der Waals surface area contributed by atoms with Crippen LogP contribution in [0.4, 0.5) is 0 Å². The third-order valence-corrected chi connectivity index (χ3v) is 14.9. The van der Waals surface area contributed by atoms with Gasteiger partial charge >= 0.3 is 0 Å². The lowest BCUT2D eigenvalue weighted by molar-refractivity contribution is 0.402. The number of halogens is 1. The maximum Gasteiger partial charge on any atom is 0.113 e. The van der Waals surface area contributed by atoms with Crippen LogP contribution in [0.3, 0.4) is 0 Å². The SMILES string of the molecule is CCCCCCCCC(CCCCCC)Cc1cc(-c2cccc3nsnc23)sc1-c1cc(CC(CCCCCC)CCCCCCC)c(Br)s1. The predicted octanol–water partition coefficient (Wildman–Crippen LogP) is 17.3. The second-order valence-corrected chi connectivity index (χ2v) is 19.4. The van der Waals surface area contributed by atoms with Crippen LogP contribution in [0.2, 0.25) is 0 Å². The van der Waals surface area contributed by atoms with Crippen LogP contribution in [0.15, 0.2) is 34.1 Å². The monoisotopic (exact) mass is 812 g/mol. The average molecular weight is 814 g/mol. The first kappa shape index (κ1) is 42.7. The highest BCUT2D eigenvalue weighted by molar-refractivity contribution is 9.11. The highest BCUT2D eigenvalue weighted by Gasteiger charge is 2.22. The number of hydrogen-bond acceptors (Lipinski definition) is 5. The zero-order valence-corrected chi connectivity index (χ0v) is 36.8. The molecule has 0 saturated heterocycles. The molecule has 0 saturated carbocycles. The largest absolute Gasteiger partial charge is 0.173 e. The zero-order valence-electron chi connectivity index (χ0n) is 32.7. The van der Waals surface area contributed by atoms with Crippen LogP contribution < -0.4 is 0 Å². The number of unbranched alkanes of at least 4 members (excludes halogenated alkanes) is 15. The summed E-state index contributed by atoms with van der Waals surface area (Å²) in [5.41, 5.74) is 6.43. The molecule has 0 aliphatic rings. The minimum Gasteiger partial charge on any atom is -0.173 e. The van der Waals surface area contributed by atoms with E-state index >= 15 is 0 Å². The molecule has 0 aliphatic heterocycles. The van der Waals surface area contributed by atoms with E-state index in [2.05, 4.69) is 78.3 Å². The summed E-state index contributed by atoms with van der Waals surface area (Å²) in [4.78, 5) is 4.32. The number of rotatable bonds is 29. The third-order valence-electron chi connectivity index (χ3n) is 11.0. The normalized spacial score (nSPS) is 13.0. The van der Waals surface area contributed by atoms with Crippen LogP contribution in [-0.4, -0.2) is 8.75 Å². The van der Waals surface area contributed by atoms with Gasteiger partial charge in [-0.2, -0.15) is 8.75 Å². The van der Waals surface area contributed by atoms with E-state index in [1.165, 1.54) is 196 Å². The maximum atomic E-state index is 4.76. The molecule has 0 radical (unpaired) electrons. The molecule has 4 aromatic rings. The fraction of sp³-hybridized carbons (Fsp3) is 0.689. The van der Waals surface area contributed by atoms with Gasteiger partial charge in [-0.3, -0.25) is 0 Å². The molecule has 284 valence electrons. The smallest absolute Gasteiger partial charge is 0.113 e. The Morgan fingerprint density at radius 2 is 1.04 bits per heavy atom. The van der Waals surface area contributed by atoms with Crippen LogP contribution >= 0.6 is 50.3 Å². The molecule has 0 amide bonds. The second-order valence-electron chi connectivity index (χ2n) is 15.4. The van der Waals surface area contributed by atoms with Gasteiger partial charge in [-0.15, -0.1) is 22.7 Å². The number of aromatic nitrogens is 2. The first-order valence-electron chi connectivity index (χ1n) is 21.2. The molecule has 3 heterocycles. The van der Waals surface area contributed by atoms with E-state index in [1.54, 1.807) is 11.1 Å². The zero-order chi connectivity index (χ0) is 36.1. The summed E-state index contributed by atoms with van der Waals surface area (Å²) in [7, 11) is 0. The van der Waals surface area contributed by atoms with Crippen molar-refractivity contribution in [2.24, 2.45) is 11.8 Å². The topological polar surface area (TPSA) is 25.8 Å². The molecule has 0 aliphatic carbocycles. The van der Waals surface area contributed by atoms with Gasteiger partial charge in [0, 0.05) is 20.2 Å². The fourth-order valence-electron chi connectivity index (χ4n) is 7.87. The van der Waals surface area contributed by atoms with Crippen molar-refractivity contribution in [1.82, 2.24) is 8.75 Å². The average Bonchev–Trinajstić information content (AvgIpc) is 3.88. The molecular weight excluding hydrogens is 745 g/mol. The Bertz CT molecular complexity index is 1490. The minimum absolute atomic E-state index is 0.758. The standard InChI is InChI=1S/C45H69BrN2S3/c1-5-9-13-17-19-23-27-35(25-20-15-11-7-3)31-37-33-41(39-29-24-30-40-43(39)48-51-47-40)49-44(37)42-34-38(45(46)50-42)32-36(26-21-16-12-8-4)28-22-18-14-10-6-2/h24,29-30,33-36H,5-23,25-28,31-32H2,1-4H3. The molecule has 4 rings (SSSR count). The van der Waals surface area contributed by atoms with Gasteiger partial charge < -0.3 is 0 Å². The lowest BCUT2D eigenvalue weighted by atomic mass is 9.88. The molecular formula is C45H69BrN2S3. The van der Waals surface area contributed by atoms with E-state index in [-0.39, 0.29) is 0 Å². The Kier molecular flexibility index (Phi) is 21.0. The van der Waals surface area contributed by atoms with Crippen LogP contribution in [0.5, 0.6) is 0 Å². The Morgan fingerprint density at radius 3 is 1.61 bits per heavy atom. The summed E-state index contributed by atoms with van der Waals surface area (Å²) in [6.07, 6.45) is 34.0. The summed E-state index contributed by atoms with van der Waals surface area (Å²) < 4.78 is 10.7. The molecule has 51 heavy (non-hydrogen) atoms. The van der Waals surface area contributed by atoms with Crippen molar-refractivity contribution in [3.8, 4) is 20.2 Å². The van der Waals surface area contributed by atoms with E-state index in [1.807, 2.05) is 22.7 Å². The number of fused-ring (bicyclic) bond motifs is 1. The molecule has 0 spiro atoms. The highest BCUT2D eigenvalue weighted by Crippen LogP contribution is 2.46. The molecule has 2 unspecified atom stereocenters. The molecule has 3 aromatic heterocycles. The van der Waals surface area contributed by atoms with E-state index < -0.39 is 0 Å². The van der Waals surface area contributed by atoms with Gasteiger partial charge in [-0.1, -0.05) is 188 Å². The van der Waals surface area contributed by atoms with Gasteiger partial charge in [0.2, 0.25) is 0 Å². The van der Waals surface area contributed by atoms with Crippen LogP contribution in [0.1, 0.15) is 187 Å². The highest BCUT2D eigenvalue weighted by atomic mass is 79.9. The molecule has 1 aromatic carbocycles. The molecule has 6 heteroatoms. The van der Waals surface area contributed by atoms with Gasteiger partial charge in [0.25, 0.3) is 0 Å². The number of benzene rings is 1. The van der Waals surface area contributed by atoms with Crippen LogP contribution in [-0.2, 0) is 12.8 Å². The summed E-state index contributed by atoms with van der Waals surface area (Å²) in [6.45, 7) is 9.31. The summed E-state index contributed by atoms with van der Waals surface area (Å²) >= 11 is 9.43. The Hall–Kier alpha value is -1.08. The molecule has 0 N–H and O–H groups in total. The number of thiophene rings is 2. The summed E-state index contributed by atoms with van der Waals surface area (Å²) in [5, 5.41) is 0. The number of hydrogen-bond donors (Lipinski definition) is 0. The van der Waals surface area contributed by atoms with Gasteiger partial charge in [0.15, 0.2) is 0 Å². The van der Waals surface area contributed by atoms with Crippen molar-refractivity contribution in [3.63, 3.8) is 0 Å². The molecule has 2 nitrogen and oxygen atoms in total. The van der Waals surface area contributed by atoms with Crippen molar-refractivity contribution >= 4 is 61.4 Å². The summed E-state index contributed by atoms with van der Waals surface area (Å²) in [6, 6.07) is 11.7. The van der Waals surface area contributed by atoms with Crippen molar-refractivity contribution in [1.29, 1.82) is 0 Å². The van der Waals surface area contributed by atoms with Crippen molar-refractivity contribution in [3.05, 3.63) is 45.2 Å². The van der Waals surface area contributed by atoms with Gasteiger partial charge in [-0.25, -0.2) is 0 Å². The van der Waals surface area contributed by atoms with Crippen LogP contribution in [0, 0.1) is 11.8 Å². The van der Waals surface area contributed by atoms with E-state index in [9.17, 15) is 0 Å². The van der Waals surface area contributed by atoms with Crippen molar-refractivity contribution in [2.45, 2.75) is 188 Å². The number of nitrogens with zero attached hydrogens (tertiary/aromatic N) is 2. The molecule has 2 atom stereocenters. The molecule has 0 bridgehead atoms. The van der Waals surface area contributed by atoms with Gasteiger partial charge in [-0.05, 0) is 69.9 Å². The first-order valence-corrected chi connectivity index (χ1v) is 24.4. The van der Waals surface area contributed by atoms with Crippen molar-refractivity contribution < 1.29 is 0 Å². The van der Waals surface area contributed by atoms with Crippen molar-refractivity contribution in [2.75, 3.05) is 0 Å². The Balaban J connectivity index is 1.60. The lowest BCUT2D eigenvalue weighted by Gasteiger charge is -2.17. The molecule has 0 fully saturated rings. The maximum absolute atomic E-state index is 4.76. The van der Waals surface area contributed by atoms with E-state index in [0.717, 1.165) is 22.9 Å². The minimum atomic E-state index is 0.758. The van der Waals surface area contributed by atoms with Crippen LogP contribution in [0.25, 0.3) is 31.2 Å². The van der Waals surface area contributed by atoms with Gasteiger partial charge in [0.1, 0.15) is 11.0 Å². The van der Waals surface area contributed by atoms with Gasteiger partial charge in [0.05, 0.1) is 15.5 Å².